The van der Waals surface area contributed by atoms with Crippen molar-refractivity contribution in [2.75, 3.05) is 19.0 Å². The summed E-state index contributed by atoms with van der Waals surface area (Å²) in [6.07, 6.45) is 0.908. The first-order valence-electron chi connectivity index (χ1n) is 10.9. The zero-order valence-corrected chi connectivity index (χ0v) is 20.5. The highest BCUT2D eigenvalue weighted by Gasteiger charge is 2.15. The highest BCUT2D eigenvalue weighted by molar-refractivity contribution is 7.91. The molecule has 8 heteroatoms. The van der Waals surface area contributed by atoms with Crippen molar-refractivity contribution < 1.29 is 27.4 Å². The molecule has 0 saturated heterocycles. The summed E-state index contributed by atoms with van der Waals surface area (Å²) in [5, 5.41) is 0.490. The highest BCUT2D eigenvalue weighted by Crippen LogP contribution is 2.28. The van der Waals surface area contributed by atoms with E-state index in [9.17, 15) is 13.2 Å². The van der Waals surface area contributed by atoms with E-state index < -0.39 is 15.8 Å². The Balaban J connectivity index is 1.69. The average Bonchev–Trinajstić information content (AvgIpc) is 2.83. The second-order valence-electron chi connectivity index (χ2n) is 7.51. The van der Waals surface area contributed by atoms with Crippen LogP contribution < -0.4 is 9.47 Å². The Hall–Kier alpha value is -3.03. The zero-order valence-electron chi connectivity index (χ0n) is 18.9. The van der Waals surface area contributed by atoms with Crippen molar-refractivity contribution in [3.63, 3.8) is 0 Å². The van der Waals surface area contributed by atoms with Crippen LogP contribution >= 0.6 is 11.6 Å². The maximum atomic E-state index is 12.6. The number of carbonyl (C=O) groups is 1. The molecule has 3 aromatic rings. The summed E-state index contributed by atoms with van der Waals surface area (Å²) < 4.78 is 41.8. The summed E-state index contributed by atoms with van der Waals surface area (Å²) in [6, 6.07) is 21.2. The smallest absolute Gasteiger partial charge is 0.344 e. The molecule has 6 nitrogen and oxygen atoms in total. The molecule has 0 spiro atoms. The molecule has 0 unspecified atom stereocenters. The van der Waals surface area contributed by atoms with Crippen LogP contribution in [0.2, 0.25) is 5.02 Å². The molecule has 0 fully saturated rings. The van der Waals surface area contributed by atoms with Crippen molar-refractivity contribution in [1.82, 2.24) is 0 Å². The van der Waals surface area contributed by atoms with Gasteiger partial charge in [0.15, 0.2) is 16.4 Å². The van der Waals surface area contributed by atoms with Gasteiger partial charge in [0.2, 0.25) is 0 Å². The lowest BCUT2D eigenvalue weighted by atomic mass is 10.1. The second kappa shape index (κ2) is 12.4. The number of halogens is 1. The van der Waals surface area contributed by atoms with Crippen LogP contribution in [0, 0.1) is 0 Å². The van der Waals surface area contributed by atoms with E-state index in [1.807, 2.05) is 36.4 Å². The first kappa shape index (κ1) is 25.6. The molecule has 0 saturated carbocycles. The lowest BCUT2D eigenvalue weighted by Crippen LogP contribution is -2.14. The Morgan fingerprint density at radius 2 is 1.68 bits per heavy atom. The van der Waals surface area contributed by atoms with Crippen molar-refractivity contribution in [3.8, 4) is 11.5 Å². The SMILES string of the molecule is CCOC(=O)COc1ccc(CCCS(=O)(=O)c2ccc(Cl)cc2)c(OCc2ccccc2)c1. The van der Waals surface area contributed by atoms with Gasteiger partial charge in [0.25, 0.3) is 0 Å². The van der Waals surface area contributed by atoms with Crippen LogP contribution in [0.15, 0.2) is 77.7 Å². The Morgan fingerprint density at radius 1 is 0.941 bits per heavy atom. The molecule has 0 aromatic heterocycles. The topological polar surface area (TPSA) is 78.9 Å². The van der Waals surface area contributed by atoms with Gasteiger partial charge < -0.3 is 14.2 Å². The van der Waals surface area contributed by atoms with Crippen molar-refractivity contribution in [3.05, 3.63) is 88.9 Å². The van der Waals surface area contributed by atoms with E-state index in [4.69, 9.17) is 25.8 Å². The van der Waals surface area contributed by atoms with Crippen molar-refractivity contribution in [2.45, 2.75) is 31.3 Å². The summed E-state index contributed by atoms with van der Waals surface area (Å²) >= 11 is 5.86. The fourth-order valence-electron chi connectivity index (χ4n) is 3.26. The maximum Gasteiger partial charge on any atom is 0.344 e. The molecule has 0 bridgehead atoms. The number of benzene rings is 3. The summed E-state index contributed by atoms with van der Waals surface area (Å²) in [5.74, 6) is 0.585. The van der Waals surface area contributed by atoms with E-state index in [1.54, 1.807) is 31.2 Å². The van der Waals surface area contributed by atoms with Crippen molar-refractivity contribution >= 4 is 27.4 Å². The minimum absolute atomic E-state index is 0.00608. The number of aryl methyl sites for hydroxylation is 1. The minimum Gasteiger partial charge on any atom is -0.488 e. The molecule has 3 aromatic carbocycles. The Labute approximate surface area is 205 Å². The zero-order chi connectivity index (χ0) is 24.4. The number of ether oxygens (including phenoxy) is 3. The minimum atomic E-state index is -3.42. The van der Waals surface area contributed by atoms with Gasteiger partial charge in [-0.15, -0.1) is 0 Å². The Kier molecular flexibility index (Phi) is 9.36. The third-order valence-corrected chi connectivity index (χ3v) is 7.04. The molecule has 0 aliphatic carbocycles. The molecule has 0 aliphatic rings. The van der Waals surface area contributed by atoms with Crippen molar-refractivity contribution in [2.24, 2.45) is 0 Å². The molecule has 34 heavy (non-hydrogen) atoms. The summed E-state index contributed by atoms with van der Waals surface area (Å²) in [5.41, 5.74) is 1.85. The van der Waals surface area contributed by atoms with Gasteiger partial charge in [-0.2, -0.15) is 0 Å². The van der Waals surface area contributed by atoms with Gasteiger partial charge in [0.1, 0.15) is 18.1 Å². The highest BCUT2D eigenvalue weighted by atomic mass is 35.5. The lowest BCUT2D eigenvalue weighted by molar-refractivity contribution is -0.145. The van der Waals surface area contributed by atoms with E-state index in [1.165, 1.54) is 12.1 Å². The third-order valence-electron chi connectivity index (χ3n) is 4.97. The van der Waals surface area contributed by atoms with Crippen LogP contribution in [0.4, 0.5) is 0 Å². The van der Waals surface area contributed by atoms with Gasteiger partial charge in [-0.25, -0.2) is 13.2 Å². The quantitative estimate of drug-likeness (QED) is 0.314. The molecule has 0 aliphatic heterocycles. The summed E-state index contributed by atoms with van der Waals surface area (Å²) in [6.45, 7) is 2.16. The second-order valence-corrected chi connectivity index (χ2v) is 10.1. The predicted molar refractivity (Wildman–Crippen MR) is 131 cm³/mol. The van der Waals surface area contributed by atoms with E-state index in [0.29, 0.717) is 36.0 Å². The van der Waals surface area contributed by atoms with Gasteiger partial charge in [0, 0.05) is 11.1 Å². The fourth-order valence-corrected chi connectivity index (χ4v) is 4.70. The fraction of sp³-hybridized carbons (Fsp3) is 0.269. The van der Waals surface area contributed by atoms with Crippen LogP contribution in [-0.2, 0) is 32.4 Å². The molecule has 3 rings (SSSR count). The van der Waals surface area contributed by atoms with E-state index >= 15 is 0 Å². The molecular weight excluding hydrogens is 476 g/mol. The van der Waals surface area contributed by atoms with E-state index in [0.717, 1.165) is 11.1 Å². The van der Waals surface area contributed by atoms with E-state index in [2.05, 4.69) is 0 Å². The Morgan fingerprint density at radius 3 is 2.38 bits per heavy atom. The maximum absolute atomic E-state index is 12.6. The average molecular weight is 503 g/mol. The van der Waals surface area contributed by atoms with Crippen LogP contribution in [0.25, 0.3) is 0 Å². The molecule has 0 radical (unpaired) electrons. The normalized spacial score (nSPS) is 11.1. The van der Waals surface area contributed by atoms with Gasteiger partial charge >= 0.3 is 5.97 Å². The molecular formula is C26H27ClO6S. The molecule has 0 atom stereocenters. The van der Waals surface area contributed by atoms with Gasteiger partial charge in [-0.05, 0) is 61.2 Å². The number of sulfone groups is 1. The van der Waals surface area contributed by atoms with Crippen LogP contribution in [0.5, 0.6) is 11.5 Å². The molecule has 0 heterocycles. The molecule has 0 amide bonds. The monoisotopic (exact) mass is 502 g/mol. The van der Waals surface area contributed by atoms with Crippen LogP contribution in [0.3, 0.4) is 0 Å². The van der Waals surface area contributed by atoms with Gasteiger partial charge in [-0.1, -0.05) is 48.0 Å². The molecule has 180 valence electrons. The number of hydrogen-bond acceptors (Lipinski definition) is 6. The first-order chi connectivity index (χ1) is 16.4. The standard InChI is InChI=1S/C26H27ClO6S/c1-2-31-26(28)19-32-23-13-10-21(25(17-23)33-18-20-7-4-3-5-8-20)9-6-16-34(29,30)24-14-11-22(27)12-15-24/h3-5,7-8,10-15,17H,2,6,9,16,18-19H2,1H3. The summed E-state index contributed by atoms with van der Waals surface area (Å²) in [4.78, 5) is 11.9. The molecule has 0 N–H and O–H groups in total. The van der Waals surface area contributed by atoms with Crippen molar-refractivity contribution in [1.29, 1.82) is 0 Å². The van der Waals surface area contributed by atoms with E-state index in [-0.39, 0.29) is 23.9 Å². The first-order valence-corrected chi connectivity index (χ1v) is 13.0. The number of esters is 1. The van der Waals surface area contributed by atoms with Gasteiger partial charge in [-0.3, -0.25) is 0 Å². The van der Waals surface area contributed by atoms with Crippen LogP contribution in [0.1, 0.15) is 24.5 Å². The Bertz CT molecular complexity index is 1180. The number of carbonyl (C=O) groups excluding carboxylic acids is 1. The third kappa shape index (κ3) is 7.78. The number of hydrogen-bond donors (Lipinski definition) is 0. The largest absolute Gasteiger partial charge is 0.488 e. The van der Waals surface area contributed by atoms with Crippen LogP contribution in [-0.4, -0.2) is 33.4 Å². The number of rotatable bonds is 12. The van der Waals surface area contributed by atoms with Gasteiger partial charge in [0.05, 0.1) is 17.3 Å². The predicted octanol–water partition coefficient (Wildman–Crippen LogP) is 5.27. The lowest BCUT2D eigenvalue weighted by Gasteiger charge is -2.14. The summed E-state index contributed by atoms with van der Waals surface area (Å²) in [7, 11) is -3.42.